The number of rotatable bonds is 6. The summed E-state index contributed by atoms with van der Waals surface area (Å²) in [5, 5.41) is 18.6. The molecule has 24 heavy (non-hydrogen) atoms. The first kappa shape index (κ1) is 16.8. The first-order valence-corrected chi connectivity index (χ1v) is 8.20. The van der Waals surface area contributed by atoms with Crippen LogP contribution < -0.4 is 4.74 Å². The van der Waals surface area contributed by atoms with Gasteiger partial charge < -0.3 is 9.84 Å². The van der Waals surface area contributed by atoms with Gasteiger partial charge in [0.2, 0.25) is 5.88 Å². The van der Waals surface area contributed by atoms with Crippen LogP contribution in [0.1, 0.15) is 36.6 Å². The van der Waals surface area contributed by atoms with Crippen LogP contribution in [-0.4, -0.2) is 39.9 Å². The Labute approximate surface area is 141 Å². The maximum atomic E-state index is 13.0. The van der Waals surface area contributed by atoms with Gasteiger partial charge in [0.25, 0.3) is 0 Å². The summed E-state index contributed by atoms with van der Waals surface area (Å²) in [7, 11) is 1.57. The summed E-state index contributed by atoms with van der Waals surface area (Å²) in [6.45, 7) is 1.69. The quantitative estimate of drug-likeness (QED) is 0.882. The van der Waals surface area contributed by atoms with Crippen molar-refractivity contribution in [3.05, 3.63) is 53.5 Å². The minimum atomic E-state index is -0.585. The van der Waals surface area contributed by atoms with E-state index in [1.54, 1.807) is 25.3 Å². The zero-order valence-corrected chi connectivity index (χ0v) is 13.7. The molecule has 0 radical (unpaired) electrons. The fourth-order valence-electron chi connectivity index (χ4n) is 3.20. The molecule has 2 aromatic rings. The number of nitrogens with zero attached hydrogens (tertiary/aromatic N) is 3. The lowest BCUT2D eigenvalue weighted by Crippen LogP contribution is -2.30. The highest BCUT2D eigenvalue weighted by Crippen LogP contribution is 2.28. The molecule has 2 heterocycles. The number of aromatic nitrogens is 2. The summed E-state index contributed by atoms with van der Waals surface area (Å²) < 4.78 is 18.0. The molecule has 1 aromatic heterocycles. The molecular formula is C18H22FN3O2. The van der Waals surface area contributed by atoms with Crippen LogP contribution in [0, 0.1) is 5.82 Å². The van der Waals surface area contributed by atoms with Crippen molar-refractivity contribution in [2.24, 2.45) is 0 Å². The molecule has 0 bridgehead atoms. The Bertz CT molecular complexity index is 648. The molecule has 0 unspecified atom stereocenters. The summed E-state index contributed by atoms with van der Waals surface area (Å²) in [6.07, 6.45) is 2.19. The largest absolute Gasteiger partial charge is 0.480 e. The van der Waals surface area contributed by atoms with Gasteiger partial charge in [0.1, 0.15) is 5.82 Å². The Morgan fingerprint density at radius 3 is 2.71 bits per heavy atom. The highest BCUT2D eigenvalue weighted by Gasteiger charge is 2.27. The molecule has 0 amide bonds. The van der Waals surface area contributed by atoms with Crippen molar-refractivity contribution < 1.29 is 14.2 Å². The second-order valence-electron chi connectivity index (χ2n) is 6.14. The van der Waals surface area contributed by atoms with E-state index < -0.39 is 6.10 Å². The Morgan fingerprint density at radius 2 is 2.04 bits per heavy atom. The monoisotopic (exact) mass is 331 g/mol. The summed E-state index contributed by atoms with van der Waals surface area (Å²) >= 11 is 0. The third-order valence-corrected chi connectivity index (χ3v) is 4.52. The number of hydrogen-bond acceptors (Lipinski definition) is 5. The molecule has 1 saturated heterocycles. The predicted octanol–water partition coefficient (Wildman–Crippen LogP) is 2.71. The second kappa shape index (κ2) is 7.68. The first-order chi connectivity index (χ1) is 11.7. The lowest BCUT2D eigenvalue weighted by atomic mass is 10.0. The number of ether oxygens (including phenoxy) is 1. The number of benzene rings is 1. The zero-order valence-electron chi connectivity index (χ0n) is 13.7. The summed E-state index contributed by atoms with van der Waals surface area (Å²) in [5.74, 6) is 0.218. The van der Waals surface area contributed by atoms with E-state index in [0.29, 0.717) is 18.8 Å². The van der Waals surface area contributed by atoms with Crippen molar-refractivity contribution in [1.29, 1.82) is 0 Å². The lowest BCUT2D eigenvalue weighted by Gasteiger charge is -2.26. The SMILES string of the molecule is COc1ccc(CN2CCC[C@H]2C[C@H](O)c2ccc(F)cc2)nn1. The average molecular weight is 331 g/mol. The number of halogens is 1. The highest BCUT2D eigenvalue weighted by molar-refractivity contribution is 5.19. The third-order valence-electron chi connectivity index (χ3n) is 4.52. The van der Waals surface area contributed by atoms with E-state index in [1.807, 2.05) is 6.07 Å². The second-order valence-corrected chi connectivity index (χ2v) is 6.14. The van der Waals surface area contributed by atoms with E-state index in [2.05, 4.69) is 15.1 Å². The van der Waals surface area contributed by atoms with E-state index in [-0.39, 0.29) is 11.9 Å². The van der Waals surface area contributed by atoms with Gasteiger partial charge in [-0.3, -0.25) is 4.90 Å². The van der Waals surface area contributed by atoms with Crippen molar-refractivity contribution in [2.45, 2.75) is 38.0 Å². The van der Waals surface area contributed by atoms with Gasteiger partial charge in [0.15, 0.2) is 0 Å². The number of hydrogen-bond donors (Lipinski definition) is 1. The molecule has 128 valence electrons. The van der Waals surface area contributed by atoms with E-state index in [1.165, 1.54) is 12.1 Å². The van der Waals surface area contributed by atoms with E-state index in [9.17, 15) is 9.50 Å². The van der Waals surface area contributed by atoms with Crippen LogP contribution in [0.4, 0.5) is 4.39 Å². The molecule has 1 aliphatic rings. The van der Waals surface area contributed by atoms with Gasteiger partial charge in [0.05, 0.1) is 18.9 Å². The smallest absolute Gasteiger partial charge is 0.233 e. The van der Waals surface area contributed by atoms with Crippen LogP contribution in [-0.2, 0) is 6.54 Å². The average Bonchev–Trinajstić information content (AvgIpc) is 3.03. The number of methoxy groups -OCH3 is 1. The summed E-state index contributed by atoms with van der Waals surface area (Å²) in [6, 6.07) is 10.1. The van der Waals surface area contributed by atoms with Gasteiger partial charge in [-0.15, -0.1) is 5.10 Å². The minimum absolute atomic E-state index is 0.286. The number of aliphatic hydroxyl groups excluding tert-OH is 1. The molecule has 1 N–H and O–H groups in total. The lowest BCUT2D eigenvalue weighted by molar-refractivity contribution is 0.117. The molecule has 1 fully saturated rings. The van der Waals surface area contributed by atoms with Crippen molar-refractivity contribution >= 4 is 0 Å². The van der Waals surface area contributed by atoms with Crippen molar-refractivity contribution in [1.82, 2.24) is 15.1 Å². The van der Waals surface area contributed by atoms with Gasteiger partial charge >= 0.3 is 0 Å². The third kappa shape index (κ3) is 4.07. The van der Waals surface area contributed by atoms with Gasteiger partial charge in [-0.2, -0.15) is 5.10 Å². The molecule has 0 spiro atoms. The standard InChI is InChI=1S/C18H22FN3O2/c1-24-18-9-8-15(20-21-18)12-22-10-2-3-16(22)11-17(23)13-4-6-14(19)7-5-13/h4-9,16-17,23H,2-3,10-12H2,1H3/t16-,17-/m0/s1. The Kier molecular flexibility index (Phi) is 5.37. The van der Waals surface area contributed by atoms with Crippen LogP contribution in [0.5, 0.6) is 5.88 Å². The Balaban J connectivity index is 1.61. The molecule has 1 aliphatic heterocycles. The zero-order chi connectivity index (χ0) is 16.9. The molecular weight excluding hydrogens is 309 g/mol. The Morgan fingerprint density at radius 1 is 1.25 bits per heavy atom. The Hall–Kier alpha value is -2.05. The summed E-state index contributed by atoms with van der Waals surface area (Å²) in [4.78, 5) is 2.32. The van der Waals surface area contributed by atoms with Gasteiger partial charge in [-0.25, -0.2) is 4.39 Å². The summed E-state index contributed by atoms with van der Waals surface area (Å²) in [5.41, 5.74) is 1.64. The fraction of sp³-hybridized carbons (Fsp3) is 0.444. The van der Waals surface area contributed by atoms with Gasteiger partial charge in [-0.1, -0.05) is 12.1 Å². The van der Waals surface area contributed by atoms with Crippen LogP contribution in [0.2, 0.25) is 0 Å². The van der Waals surface area contributed by atoms with E-state index in [0.717, 1.165) is 30.6 Å². The maximum absolute atomic E-state index is 13.0. The molecule has 3 rings (SSSR count). The van der Waals surface area contributed by atoms with Crippen LogP contribution in [0.25, 0.3) is 0 Å². The van der Waals surface area contributed by atoms with Gasteiger partial charge in [-0.05, 0) is 49.6 Å². The van der Waals surface area contributed by atoms with Crippen LogP contribution in [0.15, 0.2) is 36.4 Å². The fourth-order valence-corrected chi connectivity index (χ4v) is 3.20. The topological polar surface area (TPSA) is 58.5 Å². The highest BCUT2D eigenvalue weighted by atomic mass is 19.1. The van der Waals surface area contributed by atoms with E-state index >= 15 is 0 Å². The van der Waals surface area contributed by atoms with E-state index in [4.69, 9.17) is 4.74 Å². The molecule has 0 aliphatic carbocycles. The first-order valence-electron chi connectivity index (χ1n) is 8.20. The normalized spacial score (nSPS) is 19.4. The van der Waals surface area contributed by atoms with Crippen LogP contribution >= 0.6 is 0 Å². The number of likely N-dealkylation sites (tertiary alicyclic amines) is 1. The molecule has 6 heteroatoms. The molecule has 5 nitrogen and oxygen atoms in total. The van der Waals surface area contributed by atoms with Crippen molar-refractivity contribution in [2.75, 3.05) is 13.7 Å². The van der Waals surface area contributed by atoms with Crippen molar-refractivity contribution in [3.8, 4) is 5.88 Å². The minimum Gasteiger partial charge on any atom is -0.480 e. The van der Waals surface area contributed by atoms with Gasteiger partial charge in [0, 0.05) is 18.7 Å². The van der Waals surface area contributed by atoms with Crippen molar-refractivity contribution in [3.63, 3.8) is 0 Å². The maximum Gasteiger partial charge on any atom is 0.233 e. The predicted molar refractivity (Wildman–Crippen MR) is 88.0 cm³/mol. The van der Waals surface area contributed by atoms with Crippen LogP contribution in [0.3, 0.4) is 0 Å². The number of aliphatic hydroxyl groups is 1. The molecule has 0 saturated carbocycles. The molecule has 2 atom stereocenters. The molecule has 1 aromatic carbocycles.